The lowest BCUT2D eigenvalue weighted by Crippen LogP contribution is -2.43. The highest BCUT2D eigenvalue weighted by Crippen LogP contribution is 2.26. The van der Waals surface area contributed by atoms with Crippen LogP contribution in [0, 0.1) is 0 Å². The third-order valence-electron chi connectivity index (χ3n) is 5.35. The van der Waals surface area contributed by atoms with Gasteiger partial charge in [0, 0.05) is 45.0 Å². The highest BCUT2D eigenvalue weighted by atomic mass is 16.2. The van der Waals surface area contributed by atoms with E-state index >= 15 is 0 Å². The summed E-state index contributed by atoms with van der Waals surface area (Å²) in [5, 5.41) is 0. The Hall–Kier alpha value is -2.96. The van der Waals surface area contributed by atoms with Crippen LogP contribution in [-0.4, -0.2) is 43.0 Å². The van der Waals surface area contributed by atoms with Crippen LogP contribution in [-0.2, 0) is 13.6 Å². The summed E-state index contributed by atoms with van der Waals surface area (Å²) in [6, 6.07) is 7.37. The Morgan fingerprint density at radius 3 is 2.93 bits per heavy atom. The van der Waals surface area contributed by atoms with Gasteiger partial charge in [0.1, 0.15) is 5.82 Å². The molecule has 1 aliphatic rings. The van der Waals surface area contributed by atoms with Crippen LogP contribution >= 0.6 is 0 Å². The molecule has 1 saturated heterocycles. The second-order valence-corrected chi connectivity index (χ2v) is 6.98. The summed E-state index contributed by atoms with van der Waals surface area (Å²) in [6.07, 6.45) is 5.65. The Morgan fingerprint density at radius 2 is 2.11 bits per heavy atom. The molecule has 0 saturated carbocycles. The summed E-state index contributed by atoms with van der Waals surface area (Å²) in [6.45, 7) is 4.14. The summed E-state index contributed by atoms with van der Waals surface area (Å²) < 4.78 is 3.62. The molecule has 0 N–H and O–H groups in total. The van der Waals surface area contributed by atoms with Gasteiger partial charge in [-0.25, -0.2) is 9.97 Å². The molecule has 0 bridgehead atoms. The Kier molecular flexibility index (Phi) is 4.51. The molecule has 7 nitrogen and oxygen atoms in total. The fraction of sp³-hybridized carbons (Fsp3) is 0.400. The van der Waals surface area contributed by atoms with Gasteiger partial charge < -0.3 is 14.0 Å². The third kappa shape index (κ3) is 3.03. The average molecular weight is 365 g/mol. The Morgan fingerprint density at radius 1 is 1.30 bits per heavy atom. The van der Waals surface area contributed by atoms with E-state index in [0.29, 0.717) is 18.6 Å². The molecular formula is C20H23N5O2. The third-order valence-corrected chi connectivity index (χ3v) is 5.35. The monoisotopic (exact) mass is 365 g/mol. The number of fused-ring (bicyclic) bond motifs is 1. The Labute approximate surface area is 157 Å². The van der Waals surface area contributed by atoms with E-state index < -0.39 is 0 Å². The van der Waals surface area contributed by atoms with Crippen molar-refractivity contribution in [1.29, 1.82) is 0 Å². The van der Waals surface area contributed by atoms with Gasteiger partial charge in [-0.3, -0.25) is 9.59 Å². The number of hydrogen-bond acceptors (Lipinski definition) is 4. The number of piperidine rings is 1. The quantitative estimate of drug-likeness (QED) is 0.713. The number of para-hydroxylation sites is 2. The molecule has 1 amide bonds. The van der Waals surface area contributed by atoms with E-state index in [0.717, 1.165) is 30.7 Å². The molecule has 2 aromatic heterocycles. The first-order valence-corrected chi connectivity index (χ1v) is 9.36. The molecule has 27 heavy (non-hydrogen) atoms. The number of aromatic nitrogens is 4. The van der Waals surface area contributed by atoms with Crippen molar-refractivity contribution in [3.8, 4) is 0 Å². The smallest absolute Gasteiger partial charge is 0.282 e. The molecule has 1 atom stereocenters. The van der Waals surface area contributed by atoms with Gasteiger partial charge in [0.15, 0.2) is 5.69 Å². The fourth-order valence-electron chi connectivity index (χ4n) is 3.89. The number of amides is 1. The van der Waals surface area contributed by atoms with Crippen LogP contribution in [0.4, 0.5) is 0 Å². The molecule has 3 aromatic rings. The van der Waals surface area contributed by atoms with E-state index in [1.165, 1.54) is 4.57 Å². The molecule has 7 heteroatoms. The number of hydrogen-bond donors (Lipinski definition) is 0. The maximum atomic E-state index is 13.1. The molecule has 0 radical (unpaired) electrons. The Bertz CT molecular complexity index is 1050. The van der Waals surface area contributed by atoms with E-state index in [1.807, 2.05) is 30.5 Å². The predicted octanol–water partition coefficient (Wildman–Crippen LogP) is 2.17. The maximum absolute atomic E-state index is 13.1. The zero-order valence-corrected chi connectivity index (χ0v) is 15.6. The molecule has 0 unspecified atom stereocenters. The van der Waals surface area contributed by atoms with Gasteiger partial charge >= 0.3 is 0 Å². The van der Waals surface area contributed by atoms with Crippen molar-refractivity contribution in [3.63, 3.8) is 0 Å². The van der Waals surface area contributed by atoms with Crippen molar-refractivity contribution >= 4 is 16.9 Å². The molecule has 0 spiro atoms. The van der Waals surface area contributed by atoms with Crippen LogP contribution in [0.5, 0.6) is 0 Å². The van der Waals surface area contributed by atoms with Gasteiger partial charge in [-0.15, -0.1) is 0 Å². The van der Waals surface area contributed by atoms with Crippen LogP contribution in [0.25, 0.3) is 11.0 Å². The van der Waals surface area contributed by atoms with Crippen molar-refractivity contribution in [2.24, 2.45) is 7.05 Å². The number of benzene rings is 1. The minimum absolute atomic E-state index is 0.00400. The first kappa shape index (κ1) is 17.5. The topological polar surface area (TPSA) is 73.0 Å². The molecule has 1 aromatic carbocycles. The van der Waals surface area contributed by atoms with E-state index in [4.69, 9.17) is 0 Å². The van der Waals surface area contributed by atoms with Gasteiger partial charge in [-0.05, 0) is 31.9 Å². The highest BCUT2D eigenvalue weighted by Gasteiger charge is 2.30. The molecule has 1 fully saturated rings. The summed E-state index contributed by atoms with van der Waals surface area (Å²) in [4.78, 5) is 36.5. The molecule has 0 aliphatic carbocycles. The van der Waals surface area contributed by atoms with E-state index in [2.05, 4.69) is 21.5 Å². The summed E-state index contributed by atoms with van der Waals surface area (Å²) in [7, 11) is 1.68. The zero-order valence-electron chi connectivity index (χ0n) is 15.6. The predicted molar refractivity (Wildman–Crippen MR) is 103 cm³/mol. The van der Waals surface area contributed by atoms with Gasteiger partial charge in [0.2, 0.25) is 0 Å². The number of carbonyl (C=O) groups is 1. The van der Waals surface area contributed by atoms with Crippen LogP contribution in [0.1, 0.15) is 42.0 Å². The van der Waals surface area contributed by atoms with E-state index in [9.17, 15) is 9.59 Å². The normalized spacial score (nSPS) is 17.4. The number of nitrogens with zero attached hydrogens (tertiary/aromatic N) is 5. The average Bonchev–Trinajstić information content (AvgIpc) is 3.19. The van der Waals surface area contributed by atoms with Crippen LogP contribution < -0.4 is 5.56 Å². The van der Waals surface area contributed by atoms with E-state index in [1.54, 1.807) is 18.1 Å². The first-order chi connectivity index (χ1) is 13.1. The van der Waals surface area contributed by atoms with Crippen LogP contribution in [0.3, 0.4) is 0 Å². The van der Waals surface area contributed by atoms with Gasteiger partial charge in [0.25, 0.3) is 11.5 Å². The lowest BCUT2D eigenvalue weighted by atomic mass is 9.96. The molecule has 140 valence electrons. The number of carbonyl (C=O) groups excluding carboxylic acids is 1. The fourth-order valence-corrected chi connectivity index (χ4v) is 3.89. The number of aryl methyl sites for hydroxylation is 2. The lowest BCUT2D eigenvalue weighted by molar-refractivity contribution is 0.0695. The highest BCUT2D eigenvalue weighted by molar-refractivity contribution is 5.94. The second kappa shape index (κ2) is 6.98. The van der Waals surface area contributed by atoms with Crippen molar-refractivity contribution < 1.29 is 4.79 Å². The molecular weight excluding hydrogens is 342 g/mol. The van der Waals surface area contributed by atoms with Crippen molar-refractivity contribution in [1.82, 2.24) is 24.0 Å². The van der Waals surface area contributed by atoms with Gasteiger partial charge in [0.05, 0.1) is 11.0 Å². The second-order valence-electron chi connectivity index (χ2n) is 6.98. The molecule has 3 heterocycles. The van der Waals surface area contributed by atoms with Gasteiger partial charge in [-0.1, -0.05) is 12.1 Å². The summed E-state index contributed by atoms with van der Waals surface area (Å²) in [5.74, 6) is 0.900. The maximum Gasteiger partial charge on any atom is 0.282 e. The van der Waals surface area contributed by atoms with Crippen molar-refractivity contribution in [2.45, 2.75) is 32.2 Å². The minimum atomic E-state index is -0.351. The SMILES string of the molecule is CCn1ccnc1[C@@H]1CCCN(C(=O)c2nc3ccccc3n(C)c2=O)C1. The van der Waals surface area contributed by atoms with E-state index in [-0.39, 0.29) is 23.1 Å². The van der Waals surface area contributed by atoms with Gasteiger partial charge in [-0.2, -0.15) is 0 Å². The standard InChI is InChI=1S/C20H23N5O2/c1-3-24-12-10-21-18(24)14-7-6-11-25(13-14)20(27)17-19(26)23(2)16-9-5-4-8-15(16)22-17/h4-5,8-10,12,14H,3,6-7,11,13H2,1-2H3/t14-/m1/s1. The van der Waals surface area contributed by atoms with Crippen molar-refractivity contribution in [2.75, 3.05) is 13.1 Å². The minimum Gasteiger partial charge on any atom is -0.336 e. The number of likely N-dealkylation sites (tertiary alicyclic amines) is 1. The van der Waals surface area contributed by atoms with Crippen LogP contribution in [0.15, 0.2) is 41.5 Å². The molecule has 1 aliphatic heterocycles. The van der Waals surface area contributed by atoms with Crippen LogP contribution in [0.2, 0.25) is 0 Å². The zero-order chi connectivity index (χ0) is 19.0. The first-order valence-electron chi connectivity index (χ1n) is 9.36. The largest absolute Gasteiger partial charge is 0.336 e. The Balaban J connectivity index is 1.66. The number of rotatable bonds is 3. The molecule has 4 rings (SSSR count). The number of imidazole rings is 1. The summed E-state index contributed by atoms with van der Waals surface area (Å²) >= 11 is 0. The van der Waals surface area contributed by atoms with Crippen molar-refractivity contribution in [3.05, 3.63) is 58.5 Å². The lowest BCUT2D eigenvalue weighted by Gasteiger charge is -2.32. The summed E-state index contributed by atoms with van der Waals surface area (Å²) in [5.41, 5.74) is 1.02.